The Hall–Kier alpha value is -1.27. The first-order valence-corrected chi connectivity index (χ1v) is 8.60. The highest BCUT2D eigenvalue weighted by Gasteiger charge is 2.33. The molecule has 0 amide bonds. The van der Waals surface area contributed by atoms with Crippen molar-refractivity contribution in [2.75, 3.05) is 20.8 Å². The number of methoxy groups -OCH3 is 2. The maximum Gasteiger partial charge on any atom is 0.247 e. The number of sulfonamides is 1. The Morgan fingerprint density at radius 3 is 2.38 bits per heavy atom. The molecule has 2 rings (SSSR count). The molecule has 1 unspecified atom stereocenters. The molecule has 0 bridgehead atoms. The van der Waals surface area contributed by atoms with Crippen LogP contribution in [0.2, 0.25) is 0 Å². The van der Waals surface area contributed by atoms with Crippen molar-refractivity contribution in [2.45, 2.75) is 44.0 Å². The minimum Gasteiger partial charge on any atom is -0.496 e. The molecule has 21 heavy (non-hydrogen) atoms. The van der Waals surface area contributed by atoms with Crippen LogP contribution in [-0.2, 0) is 10.0 Å². The molecule has 1 aromatic rings. The Bertz CT molecular complexity index is 612. The molecule has 5 nitrogen and oxygen atoms in total. The van der Waals surface area contributed by atoms with Gasteiger partial charge < -0.3 is 9.47 Å². The van der Waals surface area contributed by atoms with Crippen molar-refractivity contribution in [2.24, 2.45) is 0 Å². The maximum absolute atomic E-state index is 12.9. The number of hydrogen-bond acceptors (Lipinski definition) is 4. The quantitative estimate of drug-likeness (QED) is 0.857. The number of ether oxygens (including phenoxy) is 2. The Balaban J connectivity index is 2.52. The average molecular weight is 313 g/mol. The van der Waals surface area contributed by atoms with Gasteiger partial charge in [0.2, 0.25) is 10.0 Å². The Morgan fingerprint density at radius 1 is 1.14 bits per heavy atom. The first-order valence-electron chi connectivity index (χ1n) is 7.16. The lowest BCUT2D eigenvalue weighted by molar-refractivity contribution is 0.267. The summed E-state index contributed by atoms with van der Waals surface area (Å²) in [5.74, 6) is 0.921. The monoisotopic (exact) mass is 313 g/mol. The molecule has 1 saturated heterocycles. The highest BCUT2D eigenvalue weighted by atomic mass is 32.2. The van der Waals surface area contributed by atoms with Crippen LogP contribution in [0.3, 0.4) is 0 Å². The van der Waals surface area contributed by atoms with E-state index in [2.05, 4.69) is 0 Å². The fourth-order valence-corrected chi connectivity index (χ4v) is 4.63. The molecule has 1 aromatic carbocycles. The number of piperidine rings is 1. The second-order valence-electron chi connectivity index (χ2n) is 5.43. The van der Waals surface area contributed by atoms with E-state index in [9.17, 15) is 8.42 Å². The molecular formula is C15H23NO4S. The zero-order valence-corrected chi connectivity index (χ0v) is 13.9. The van der Waals surface area contributed by atoms with Gasteiger partial charge in [0, 0.05) is 18.7 Å². The van der Waals surface area contributed by atoms with Gasteiger partial charge in [-0.1, -0.05) is 6.42 Å². The van der Waals surface area contributed by atoms with Crippen LogP contribution in [0.15, 0.2) is 17.0 Å². The van der Waals surface area contributed by atoms with Crippen LogP contribution in [0.25, 0.3) is 0 Å². The van der Waals surface area contributed by atoms with E-state index >= 15 is 0 Å². The van der Waals surface area contributed by atoms with Crippen LogP contribution in [0.4, 0.5) is 0 Å². The summed E-state index contributed by atoms with van der Waals surface area (Å²) in [6.45, 7) is 4.37. The lowest BCUT2D eigenvalue weighted by atomic mass is 10.1. The van der Waals surface area contributed by atoms with Gasteiger partial charge in [-0.2, -0.15) is 4.31 Å². The van der Waals surface area contributed by atoms with E-state index in [4.69, 9.17) is 9.47 Å². The minimum atomic E-state index is -3.57. The Morgan fingerprint density at radius 2 is 1.81 bits per heavy atom. The molecule has 0 radical (unpaired) electrons. The third-order valence-corrected chi connectivity index (χ3v) is 6.04. The topological polar surface area (TPSA) is 55.8 Å². The third kappa shape index (κ3) is 3.01. The lowest BCUT2D eigenvalue weighted by Crippen LogP contribution is -2.42. The summed E-state index contributed by atoms with van der Waals surface area (Å²) in [6, 6.07) is 3.28. The van der Waals surface area contributed by atoms with E-state index in [1.54, 1.807) is 16.4 Å². The van der Waals surface area contributed by atoms with Gasteiger partial charge in [0.25, 0.3) is 0 Å². The van der Waals surface area contributed by atoms with Crippen LogP contribution in [0, 0.1) is 6.92 Å². The number of benzene rings is 1. The molecule has 1 aliphatic heterocycles. The largest absolute Gasteiger partial charge is 0.496 e. The molecule has 0 aliphatic carbocycles. The first-order chi connectivity index (χ1) is 9.91. The summed E-state index contributed by atoms with van der Waals surface area (Å²) in [5, 5.41) is 0. The molecular weight excluding hydrogens is 290 g/mol. The van der Waals surface area contributed by atoms with Crippen LogP contribution < -0.4 is 9.47 Å². The van der Waals surface area contributed by atoms with Gasteiger partial charge in [0.15, 0.2) is 0 Å². The Labute approximate surface area is 126 Å². The van der Waals surface area contributed by atoms with Crippen LogP contribution in [0.1, 0.15) is 31.7 Å². The predicted molar refractivity (Wildman–Crippen MR) is 81.5 cm³/mol. The molecule has 1 aliphatic rings. The highest BCUT2D eigenvalue weighted by Crippen LogP contribution is 2.35. The van der Waals surface area contributed by atoms with Gasteiger partial charge in [-0.15, -0.1) is 0 Å². The summed E-state index contributed by atoms with van der Waals surface area (Å²) in [6.07, 6.45) is 2.86. The van der Waals surface area contributed by atoms with Gasteiger partial charge in [-0.05, 0) is 38.3 Å². The van der Waals surface area contributed by atoms with Crippen LogP contribution >= 0.6 is 0 Å². The standard InChI is InChI=1S/C15H23NO4S/c1-11-9-14(20-4)15(10-13(11)19-3)21(17,18)16-8-6-5-7-12(16)2/h9-10,12H,5-8H2,1-4H3. The van der Waals surface area contributed by atoms with E-state index < -0.39 is 10.0 Å². The highest BCUT2D eigenvalue weighted by molar-refractivity contribution is 7.89. The van der Waals surface area contributed by atoms with Crippen molar-refractivity contribution in [1.29, 1.82) is 0 Å². The van der Waals surface area contributed by atoms with E-state index in [0.717, 1.165) is 24.8 Å². The zero-order chi connectivity index (χ0) is 15.6. The molecule has 0 aromatic heterocycles. The number of nitrogens with zero attached hydrogens (tertiary/aromatic N) is 1. The maximum atomic E-state index is 12.9. The summed E-state index contributed by atoms with van der Waals surface area (Å²) in [4.78, 5) is 0.182. The Kier molecular flexibility index (Phi) is 4.78. The molecule has 118 valence electrons. The summed E-state index contributed by atoms with van der Waals surface area (Å²) >= 11 is 0. The van der Waals surface area contributed by atoms with E-state index in [-0.39, 0.29) is 10.9 Å². The third-order valence-electron chi connectivity index (χ3n) is 4.01. The molecule has 0 N–H and O–H groups in total. The summed E-state index contributed by atoms with van der Waals surface area (Å²) in [7, 11) is -0.553. The van der Waals surface area contributed by atoms with Crippen molar-refractivity contribution >= 4 is 10.0 Å². The van der Waals surface area contributed by atoms with Crippen molar-refractivity contribution in [1.82, 2.24) is 4.31 Å². The van der Waals surface area contributed by atoms with Crippen molar-refractivity contribution in [3.8, 4) is 11.5 Å². The van der Waals surface area contributed by atoms with Gasteiger partial charge >= 0.3 is 0 Å². The van der Waals surface area contributed by atoms with Crippen LogP contribution in [-0.4, -0.2) is 39.5 Å². The van der Waals surface area contributed by atoms with Gasteiger partial charge in [0.1, 0.15) is 16.4 Å². The SMILES string of the molecule is COc1cc(S(=O)(=O)N2CCCCC2C)c(OC)cc1C. The van der Waals surface area contributed by atoms with Crippen molar-refractivity contribution < 1.29 is 17.9 Å². The van der Waals surface area contributed by atoms with E-state index in [0.29, 0.717) is 18.0 Å². The van der Waals surface area contributed by atoms with E-state index in [1.807, 2.05) is 13.8 Å². The summed E-state index contributed by atoms with van der Waals surface area (Å²) in [5.41, 5.74) is 0.847. The van der Waals surface area contributed by atoms with Crippen molar-refractivity contribution in [3.63, 3.8) is 0 Å². The zero-order valence-electron chi connectivity index (χ0n) is 13.0. The average Bonchev–Trinajstić information content (AvgIpc) is 2.46. The fraction of sp³-hybridized carbons (Fsp3) is 0.600. The van der Waals surface area contributed by atoms with Gasteiger partial charge in [0.05, 0.1) is 14.2 Å². The molecule has 0 saturated carbocycles. The first kappa shape index (κ1) is 16.1. The second kappa shape index (κ2) is 6.23. The number of aryl methyl sites for hydroxylation is 1. The predicted octanol–water partition coefficient (Wildman–Crippen LogP) is 2.58. The van der Waals surface area contributed by atoms with Crippen molar-refractivity contribution in [3.05, 3.63) is 17.7 Å². The number of rotatable bonds is 4. The number of hydrogen-bond donors (Lipinski definition) is 0. The van der Waals surface area contributed by atoms with Crippen LogP contribution in [0.5, 0.6) is 11.5 Å². The lowest BCUT2D eigenvalue weighted by Gasteiger charge is -2.32. The minimum absolute atomic E-state index is 0.0146. The molecule has 6 heteroatoms. The normalized spacial score (nSPS) is 20.3. The molecule has 1 fully saturated rings. The molecule has 1 heterocycles. The van der Waals surface area contributed by atoms with Gasteiger partial charge in [-0.25, -0.2) is 8.42 Å². The summed E-state index contributed by atoms with van der Waals surface area (Å²) < 4.78 is 38.0. The fourth-order valence-electron chi connectivity index (χ4n) is 2.78. The molecule has 0 spiro atoms. The second-order valence-corrected chi connectivity index (χ2v) is 7.29. The molecule has 1 atom stereocenters. The smallest absolute Gasteiger partial charge is 0.247 e. The van der Waals surface area contributed by atoms with Gasteiger partial charge in [-0.3, -0.25) is 0 Å². The van der Waals surface area contributed by atoms with E-state index in [1.165, 1.54) is 14.2 Å².